The SMILES string of the molecule is Cc1n[nH]cc1C(=O)Nc1sc2c(c1C(=O)O)CCC(C)(C)C2. The Morgan fingerprint density at radius 1 is 1.43 bits per heavy atom. The van der Waals surface area contributed by atoms with Crippen LogP contribution >= 0.6 is 11.3 Å². The Morgan fingerprint density at radius 3 is 2.78 bits per heavy atom. The van der Waals surface area contributed by atoms with Gasteiger partial charge in [-0.1, -0.05) is 13.8 Å². The highest BCUT2D eigenvalue weighted by molar-refractivity contribution is 7.17. The molecule has 3 N–H and O–H groups in total. The van der Waals surface area contributed by atoms with E-state index in [-0.39, 0.29) is 16.9 Å². The monoisotopic (exact) mass is 333 g/mol. The van der Waals surface area contributed by atoms with Gasteiger partial charge in [-0.3, -0.25) is 9.89 Å². The maximum Gasteiger partial charge on any atom is 0.339 e. The molecule has 122 valence electrons. The number of fused-ring (bicyclic) bond motifs is 1. The third-order valence-electron chi connectivity index (χ3n) is 4.30. The summed E-state index contributed by atoms with van der Waals surface area (Å²) in [5.74, 6) is -1.32. The predicted molar refractivity (Wildman–Crippen MR) is 88.4 cm³/mol. The van der Waals surface area contributed by atoms with Crippen molar-refractivity contribution in [1.29, 1.82) is 0 Å². The molecule has 0 aromatic carbocycles. The quantitative estimate of drug-likeness (QED) is 0.803. The number of hydrogen-bond acceptors (Lipinski definition) is 4. The first-order chi connectivity index (χ1) is 10.8. The topological polar surface area (TPSA) is 95.1 Å². The number of thiophene rings is 1. The number of hydrogen-bond donors (Lipinski definition) is 3. The van der Waals surface area contributed by atoms with E-state index in [0.29, 0.717) is 16.3 Å². The fourth-order valence-electron chi connectivity index (χ4n) is 2.98. The van der Waals surface area contributed by atoms with Crippen LogP contribution in [0, 0.1) is 12.3 Å². The summed E-state index contributed by atoms with van der Waals surface area (Å²) in [5, 5.41) is 19.3. The van der Waals surface area contributed by atoms with Crippen LogP contribution in [0.2, 0.25) is 0 Å². The van der Waals surface area contributed by atoms with Crippen molar-refractivity contribution in [3.8, 4) is 0 Å². The molecule has 0 unspecified atom stereocenters. The van der Waals surface area contributed by atoms with Gasteiger partial charge in [0.1, 0.15) is 5.00 Å². The van der Waals surface area contributed by atoms with E-state index in [1.54, 1.807) is 6.92 Å². The smallest absolute Gasteiger partial charge is 0.339 e. The summed E-state index contributed by atoms with van der Waals surface area (Å²) < 4.78 is 0. The number of aromatic nitrogens is 2. The second-order valence-corrected chi connectivity index (χ2v) is 7.80. The van der Waals surface area contributed by atoms with E-state index in [9.17, 15) is 14.7 Å². The average Bonchev–Trinajstić information content (AvgIpc) is 3.00. The number of rotatable bonds is 3. The second-order valence-electron chi connectivity index (χ2n) is 6.69. The Balaban J connectivity index is 1.97. The molecule has 1 aliphatic rings. The lowest BCUT2D eigenvalue weighted by Gasteiger charge is -2.29. The number of carboxylic acid groups (broad SMARTS) is 1. The number of anilines is 1. The number of carbonyl (C=O) groups is 2. The van der Waals surface area contributed by atoms with E-state index in [0.717, 1.165) is 29.7 Å². The van der Waals surface area contributed by atoms with Crippen molar-refractivity contribution in [2.45, 2.75) is 40.0 Å². The van der Waals surface area contributed by atoms with Crippen LogP contribution in [-0.2, 0) is 12.8 Å². The van der Waals surface area contributed by atoms with E-state index in [1.807, 2.05) is 0 Å². The Hall–Kier alpha value is -2.15. The third kappa shape index (κ3) is 2.88. The second kappa shape index (κ2) is 5.49. The summed E-state index contributed by atoms with van der Waals surface area (Å²) in [6.07, 6.45) is 4.04. The molecule has 6 nitrogen and oxygen atoms in total. The van der Waals surface area contributed by atoms with Gasteiger partial charge in [0.15, 0.2) is 0 Å². The lowest BCUT2D eigenvalue weighted by atomic mass is 9.77. The number of amides is 1. The van der Waals surface area contributed by atoms with Crippen LogP contribution in [-0.4, -0.2) is 27.2 Å². The fraction of sp³-hybridized carbons (Fsp3) is 0.438. The van der Waals surface area contributed by atoms with Gasteiger partial charge in [0.2, 0.25) is 0 Å². The van der Waals surface area contributed by atoms with E-state index in [4.69, 9.17) is 0 Å². The van der Waals surface area contributed by atoms with Crippen molar-refractivity contribution in [1.82, 2.24) is 10.2 Å². The molecule has 0 saturated carbocycles. The molecule has 2 aromatic rings. The average molecular weight is 333 g/mol. The first-order valence-electron chi connectivity index (χ1n) is 7.48. The molecular weight excluding hydrogens is 314 g/mol. The van der Waals surface area contributed by atoms with Crippen LogP contribution in [0.3, 0.4) is 0 Å². The number of aromatic carboxylic acids is 1. The summed E-state index contributed by atoms with van der Waals surface area (Å²) in [7, 11) is 0. The number of carbonyl (C=O) groups excluding carboxylic acids is 1. The molecule has 0 spiro atoms. The first-order valence-corrected chi connectivity index (χ1v) is 8.30. The molecule has 0 bridgehead atoms. The summed E-state index contributed by atoms with van der Waals surface area (Å²) in [6, 6.07) is 0. The minimum absolute atomic E-state index is 0.163. The zero-order valence-corrected chi connectivity index (χ0v) is 14.1. The Kier molecular flexibility index (Phi) is 3.75. The summed E-state index contributed by atoms with van der Waals surface area (Å²) in [6.45, 7) is 6.10. The molecule has 0 fully saturated rings. The summed E-state index contributed by atoms with van der Waals surface area (Å²) in [4.78, 5) is 25.1. The largest absolute Gasteiger partial charge is 0.478 e. The summed E-state index contributed by atoms with van der Waals surface area (Å²) >= 11 is 1.38. The van der Waals surface area contributed by atoms with Gasteiger partial charge in [-0.05, 0) is 37.2 Å². The van der Waals surface area contributed by atoms with Gasteiger partial charge < -0.3 is 10.4 Å². The van der Waals surface area contributed by atoms with Crippen molar-refractivity contribution in [2.75, 3.05) is 5.32 Å². The highest BCUT2D eigenvalue weighted by Gasteiger charge is 2.33. The highest BCUT2D eigenvalue weighted by atomic mass is 32.1. The number of carboxylic acids is 1. The van der Waals surface area contributed by atoms with Gasteiger partial charge in [-0.2, -0.15) is 5.10 Å². The number of nitrogens with zero attached hydrogens (tertiary/aromatic N) is 1. The van der Waals surface area contributed by atoms with Crippen LogP contribution in [0.5, 0.6) is 0 Å². The number of nitrogens with one attached hydrogen (secondary N) is 2. The van der Waals surface area contributed by atoms with E-state index in [2.05, 4.69) is 29.4 Å². The van der Waals surface area contributed by atoms with Gasteiger partial charge in [0.25, 0.3) is 5.91 Å². The zero-order valence-electron chi connectivity index (χ0n) is 13.3. The molecule has 23 heavy (non-hydrogen) atoms. The van der Waals surface area contributed by atoms with Crippen LogP contribution < -0.4 is 5.32 Å². The molecule has 0 radical (unpaired) electrons. The number of H-pyrrole nitrogens is 1. The highest BCUT2D eigenvalue weighted by Crippen LogP contribution is 2.43. The normalized spacial score (nSPS) is 16.0. The minimum Gasteiger partial charge on any atom is -0.478 e. The van der Waals surface area contributed by atoms with Crippen molar-refractivity contribution in [3.05, 3.63) is 33.5 Å². The molecule has 2 aromatic heterocycles. The molecule has 3 rings (SSSR count). The van der Waals surface area contributed by atoms with Crippen molar-refractivity contribution >= 4 is 28.2 Å². The molecule has 7 heteroatoms. The molecule has 2 heterocycles. The minimum atomic E-state index is -0.985. The lowest BCUT2D eigenvalue weighted by molar-refractivity contribution is 0.0696. The van der Waals surface area contributed by atoms with Crippen LogP contribution in [0.4, 0.5) is 5.00 Å². The maximum atomic E-state index is 12.4. The van der Waals surface area contributed by atoms with Crippen molar-refractivity contribution in [2.24, 2.45) is 5.41 Å². The molecule has 1 aliphatic carbocycles. The molecule has 0 saturated heterocycles. The van der Waals surface area contributed by atoms with Gasteiger partial charge in [0, 0.05) is 11.1 Å². The summed E-state index contributed by atoms with van der Waals surface area (Å²) in [5.41, 5.74) is 2.29. The van der Waals surface area contributed by atoms with E-state index >= 15 is 0 Å². The predicted octanol–water partition coefficient (Wildman–Crippen LogP) is 3.25. The zero-order chi connectivity index (χ0) is 16.8. The lowest BCUT2D eigenvalue weighted by Crippen LogP contribution is -2.22. The van der Waals surface area contributed by atoms with Gasteiger partial charge in [0.05, 0.1) is 16.8 Å². The Morgan fingerprint density at radius 2 is 2.17 bits per heavy atom. The fourth-order valence-corrected chi connectivity index (χ4v) is 4.47. The molecule has 0 atom stereocenters. The van der Waals surface area contributed by atoms with E-state index < -0.39 is 5.97 Å². The molecule has 1 amide bonds. The Bertz CT molecular complexity index is 789. The van der Waals surface area contributed by atoms with E-state index in [1.165, 1.54) is 17.5 Å². The van der Waals surface area contributed by atoms with Gasteiger partial charge in [-0.15, -0.1) is 11.3 Å². The van der Waals surface area contributed by atoms with Gasteiger partial charge in [-0.25, -0.2) is 4.79 Å². The number of aromatic amines is 1. The van der Waals surface area contributed by atoms with Gasteiger partial charge >= 0.3 is 5.97 Å². The van der Waals surface area contributed by atoms with Crippen LogP contribution in [0.25, 0.3) is 0 Å². The van der Waals surface area contributed by atoms with Crippen molar-refractivity contribution in [3.63, 3.8) is 0 Å². The standard InChI is InChI=1S/C16H19N3O3S/c1-8-10(7-17-19-8)13(20)18-14-12(15(21)22)9-4-5-16(2,3)6-11(9)23-14/h7H,4-6H2,1-3H3,(H,17,19)(H,18,20)(H,21,22). The maximum absolute atomic E-state index is 12.4. The molecule has 0 aliphatic heterocycles. The molecular formula is C16H19N3O3S. The van der Waals surface area contributed by atoms with Crippen LogP contribution in [0.1, 0.15) is 57.1 Å². The third-order valence-corrected chi connectivity index (χ3v) is 5.45. The Labute approximate surface area is 137 Å². The van der Waals surface area contributed by atoms with Crippen LogP contribution in [0.15, 0.2) is 6.20 Å². The number of aryl methyl sites for hydroxylation is 1. The van der Waals surface area contributed by atoms with Crippen molar-refractivity contribution < 1.29 is 14.7 Å². The first kappa shape index (κ1) is 15.7.